The van der Waals surface area contributed by atoms with Crippen LogP contribution in [-0.2, 0) is 0 Å². The van der Waals surface area contributed by atoms with Gasteiger partial charge in [0.1, 0.15) is 0 Å². The van der Waals surface area contributed by atoms with Crippen LogP contribution >= 0.6 is 0 Å². The standard InChI is InChI=1S/C44H26N4/c45-27-31-14-11-15-32(28-46)42(31)30-22-24-40(37(26-30)29-12-3-1-4-13-29)48-38-20-9-7-18-34(38)35-23-25-41-43(44(35)48)36-19-8-10-21-39(36)47(41)33-16-5-2-6-17-33/h1-26H. The van der Waals surface area contributed by atoms with Crippen LogP contribution in [0.25, 0.3) is 77.2 Å². The molecular formula is C44H26N4. The SMILES string of the molecule is N#Cc1cccc(C#N)c1-c1ccc(-n2c3ccccc3c3ccc4c(c5ccccc5n4-c4ccccc4)c32)c(-c2ccccc2)c1. The average molecular weight is 611 g/mol. The second kappa shape index (κ2) is 10.9. The van der Waals surface area contributed by atoms with Gasteiger partial charge in [0.25, 0.3) is 0 Å². The lowest BCUT2D eigenvalue weighted by Crippen LogP contribution is -1.99. The van der Waals surface area contributed by atoms with Crippen LogP contribution in [0.1, 0.15) is 11.1 Å². The maximum Gasteiger partial charge on any atom is 0.0998 e. The summed E-state index contributed by atoms with van der Waals surface area (Å²) in [6.45, 7) is 0. The van der Waals surface area contributed by atoms with Crippen LogP contribution in [0.15, 0.2) is 158 Å². The molecule has 0 aliphatic heterocycles. The lowest BCUT2D eigenvalue weighted by molar-refractivity contribution is 1.17. The van der Waals surface area contributed by atoms with Gasteiger partial charge in [-0.1, -0.05) is 103 Å². The van der Waals surface area contributed by atoms with Gasteiger partial charge in [0.2, 0.25) is 0 Å². The first kappa shape index (κ1) is 27.4. The topological polar surface area (TPSA) is 57.4 Å². The van der Waals surface area contributed by atoms with Crippen molar-refractivity contribution in [1.29, 1.82) is 10.5 Å². The van der Waals surface area contributed by atoms with Gasteiger partial charge in [0.15, 0.2) is 0 Å². The zero-order valence-electron chi connectivity index (χ0n) is 25.8. The van der Waals surface area contributed by atoms with Crippen LogP contribution in [0.3, 0.4) is 0 Å². The summed E-state index contributed by atoms with van der Waals surface area (Å²) in [5.74, 6) is 0. The minimum Gasteiger partial charge on any atom is -0.309 e. The van der Waals surface area contributed by atoms with E-state index in [4.69, 9.17) is 0 Å². The highest BCUT2D eigenvalue weighted by molar-refractivity contribution is 6.26. The van der Waals surface area contributed by atoms with E-state index in [1.807, 2.05) is 24.3 Å². The van der Waals surface area contributed by atoms with Crippen LogP contribution in [0, 0.1) is 22.7 Å². The van der Waals surface area contributed by atoms with Crippen molar-refractivity contribution < 1.29 is 0 Å². The summed E-state index contributed by atoms with van der Waals surface area (Å²) < 4.78 is 4.76. The first-order valence-electron chi connectivity index (χ1n) is 15.9. The van der Waals surface area contributed by atoms with Gasteiger partial charge in [-0.15, -0.1) is 0 Å². The monoisotopic (exact) mass is 610 g/mol. The molecule has 9 rings (SSSR count). The summed E-state index contributed by atoms with van der Waals surface area (Å²) in [4.78, 5) is 0. The molecule has 2 heterocycles. The molecule has 0 unspecified atom stereocenters. The minimum absolute atomic E-state index is 0.480. The molecular weight excluding hydrogens is 585 g/mol. The molecule has 222 valence electrons. The average Bonchev–Trinajstić information content (AvgIpc) is 3.68. The molecule has 0 bridgehead atoms. The number of aromatic nitrogens is 2. The molecule has 4 nitrogen and oxygen atoms in total. The summed E-state index contributed by atoms with van der Waals surface area (Å²) in [5, 5.41) is 24.8. The Morgan fingerprint density at radius 1 is 0.438 bits per heavy atom. The van der Waals surface area contributed by atoms with Gasteiger partial charge >= 0.3 is 0 Å². The Morgan fingerprint density at radius 3 is 1.77 bits per heavy atom. The highest BCUT2D eigenvalue weighted by atomic mass is 15.0. The predicted molar refractivity (Wildman–Crippen MR) is 195 cm³/mol. The second-order valence-electron chi connectivity index (χ2n) is 11.9. The Hall–Kier alpha value is -6.88. The first-order valence-corrected chi connectivity index (χ1v) is 15.9. The zero-order chi connectivity index (χ0) is 32.2. The molecule has 2 aromatic heterocycles. The third-order valence-corrected chi connectivity index (χ3v) is 9.40. The van der Waals surface area contributed by atoms with Gasteiger partial charge in [-0.05, 0) is 65.7 Å². The quantitative estimate of drug-likeness (QED) is 0.199. The third-order valence-electron chi connectivity index (χ3n) is 9.40. The number of hydrogen-bond donors (Lipinski definition) is 0. The van der Waals surface area contributed by atoms with Crippen LogP contribution in [0.5, 0.6) is 0 Å². The van der Waals surface area contributed by atoms with Crippen molar-refractivity contribution in [3.05, 3.63) is 169 Å². The van der Waals surface area contributed by atoms with Gasteiger partial charge < -0.3 is 9.13 Å². The van der Waals surface area contributed by atoms with Gasteiger partial charge in [-0.3, -0.25) is 0 Å². The lowest BCUT2D eigenvalue weighted by atomic mass is 9.92. The Kier molecular flexibility index (Phi) is 6.22. The molecule has 7 aromatic carbocycles. The summed E-state index contributed by atoms with van der Waals surface area (Å²) in [5.41, 5.74) is 11.2. The smallest absolute Gasteiger partial charge is 0.0998 e. The molecule has 0 fully saturated rings. The summed E-state index contributed by atoms with van der Waals surface area (Å²) in [6.07, 6.45) is 0. The van der Waals surface area contributed by atoms with E-state index in [9.17, 15) is 10.5 Å². The normalized spacial score (nSPS) is 11.3. The fourth-order valence-corrected chi connectivity index (χ4v) is 7.40. The van der Waals surface area contributed by atoms with Crippen molar-refractivity contribution >= 4 is 43.6 Å². The molecule has 0 atom stereocenters. The van der Waals surface area contributed by atoms with Crippen LogP contribution in [0.2, 0.25) is 0 Å². The van der Waals surface area contributed by atoms with Crippen LogP contribution in [0.4, 0.5) is 0 Å². The molecule has 9 aromatic rings. The molecule has 0 saturated heterocycles. The van der Waals surface area contributed by atoms with Crippen molar-refractivity contribution in [3.8, 4) is 45.8 Å². The Labute approximate surface area is 277 Å². The molecule has 0 aliphatic carbocycles. The van der Waals surface area contributed by atoms with Gasteiger partial charge in [-0.2, -0.15) is 10.5 Å². The van der Waals surface area contributed by atoms with E-state index in [0.717, 1.165) is 50.1 Å². The summed E-state index contributed by atoms with van der Waals surface area (Å²) in [7, 11) is 0. The maximum atomic E-state index is 10.0. The molecule has 0 radical (unpaired) electrons. The molecule has 0 N–H and O–H groups in total. The molecule has 0 amide bonds. The van der Waals surface area contributed by atoms with Crippen LogP contribution in [-0.4, -0.2) is 9.13 Å². The minimum atomic E-state index is 0.480. The maximum absolute atomic E-state index is 10.0. The summed E-state index contributed by atoms with van der Waals surface area (Å²) in [6, 6.07) is 58.9. The van der Waals surface area contributed by atoms with E-state index in [2.05, 4.69) is 137 Å². The van der Waals surface area contributed by atoms with Gasteiger partial charge in [0, 0.05) is 38.4 Å². The van der Waals surface area contributed by atoms with E-state index < -0.39 is 0 Å². The number of rotatable bonds is 4. The van der Waals surface area contributed by atoms with Crippen molar-refractivity contribution in [2.75, 3.05) is 0 Å². The van der Waals surface area contributed by atoms with E-state index >= 15 is 0 Å². The summed E-state index contributed by atoms with van der Waals surface area (Å²) >= 11 is 0. The van der Waals surface area contributed by atoms with Crippen molar-refractivity contribution in [2.24, 2.45) is 0 Å². The first-order chi connectivity index (χ1) is 23.8. The van der Waals surface area contributed by atoms with E-state index in [1.165, 1.54) is 21.5 Å². The molecule has 4 heteroatoms. The number of nitrogens with zero attached hydrogens (tertiary/aromatic N) is 4. The fourth-order valence-electron chi connectivity index (χ4n) is 7.40. The predicted octanol–water partition coefficient (Wildman–Crippen LogP) is 11.0. The zero-order valence-corrected chi connectivity index (χ0v) is 25.8. The highest BCUT2D eigenvalue weighted by Gasteiger charge is 2.23. The molecule has 0 aliphatic rings. The highest BCUT2D eigenvalue weighted by Crippen LogP contribution is 2.44. The lowest BCUT2D eigenvalue weighted by Gasteiger charge is -2.17. The van der Waals surface area contributed by atoms with Gasteiger partial charge in [-0.25, -0.2) is 0 Å². The largest absolute Gasteiger partial charge is 0.309 e. The molecule has 48 heavy (non-hydrogen) atoms. The molecule has 0 spiro atoms. The fraction of sp³-hybridized carbons (Fsp3) is 0. The van der Waals surface area contributed by atoms with E-state index in [1.54, 1.807) is 18.2 Å². The van der Waals surface area contributed by atoms with Crippen molar-refractivity contribution in [3.63, 3.8) is 0 Å². The number of benzene rings is 7. The Bertz CT molecular complexity index is 2760. The Morgan fingerprint density at radius 2 is 1.06 bits per heavy atom. The second-order valence-corrected chi connectivity index (χ2v) is 11.9. The number of fused-ring (bicyclic) bond motifs is 7. The van der Waals surface area contributed by atoms with Crippen LogP contribution < -0.4 is 0 Å². The van der Waals surface area contributed by atoms with E-state index in [-0.39, 0.29) is 0 Å². The molecule has 0 saturated carbocycles. The Balaban J connectivity index is 1.45. The number of para-hydroxylation sites is 3. The van der Waals surface area contributed by atoms with E-state index in [0.29, 0.717) is 16.7 Å². The number of nitriles is 2. The van der Waals surface area contributed by atoms with Gasteiger partial charge in [0.05, 0.1) is 51.0 Å². The van der Waals surface area contributed by atoms with Crippen molar-refractivity contribution in [1.82, 2.24) is 9.13 Å². The van der Waals surface area contributed by atoms with Crippen molar-refractivity contribution in [2.45, 2.75) is 0 Å². The number of hydrogen-bond acceptors (Lipinski definition) is 2. The third kappa shape index (κ3) is 4.01.